The average molecular weight is 353 g/mol. The highest BCUT2D eigenvalue weighted by atomic mass is 16.4. The van der Waals surface area contributed by atoms with Gasteiger partial charge >= 0.3 is 5.97 Å². The molecular formula is C22H27NO3. The number of carbonyl (C=O) groups excluding carboxylic acids is 1. The number of hydrogen-bond donors (Lipinski definition) is 1. The Labute approximate surface area is 154 Å². The molecule has 1 aromatic heterocycles. The van der Waals surface area contributed by atoms with Gasteiger partial charge in [-0.2, -0.15) is 0 Å². The number of fused-ring (bicyclic) bond motifs is 1. The van der Waals surface area contributed by atoms with Crippen LogP contribution < -0.4 is 0 Å². The zero-order valence-corrected chi connectivity index (χ0v) is 15.6. The lowest BCUT2D eigenvalue weighted by Gasteiger charge is -2.14. The highest BCUT2D eigenvalue weighted by molar-refractivity contribution is 6.09. The predicted octanol–water partition coefficient (Wildman–Crippen LogP) is 4.72. The van der Waals surface area contributed by atoms with Crippen LogP contribution >= 0.6 is 0 Å². The standard InChI is InChI=1S/C22H27NO3/c1-3-4-8-16-9-7-10-17(14-16)21(24)20-15(2)13-19-18(22(25)26)11-5-6-12-23(19)20/h7,9-10,13-14,18H,3-6,8,11-12H2,1-2H3,(H,25,26). The van der Waals surface area contributed by atoms with Crippen molar-refractivity contribution in [2.45, 2.75) is 64.8 Å². The third-order valence-corrected chi connectivity index (χ3v) is 5.32. The zero-order chi connectivity index (χ0) is 18.7. The van der Waals surface area contributed by atoms with Crippen LogP contribution in [0, 0.1) is 6.92 Å². The fourth-order valence-electron chi connectivity index (χ4n) is 3.94. The molecule has 2 aromatic rings. The van der Waals surface area contributed by atoms with Gasteiger partial charge in [0.2, 0.25) is 5.78 Å². The Kier molecular flexibility index (Phi) is 5.60. The molecule has 4 heteroatoms. The molecule has 2 heterocycles. The smallest absolute Gasteiger partial charge is 0.312 e. The summed E-state index contributed by atoms with van der Waals surface area (Å²) in [5.41, 5.74) is 4.18. The summed E-state index contributed by atoms with van der Waals surface area (Å²) in [6, 6.07) is 9.77. The van der Waals surface area contributed by atoms with Crippen molar-refractivity contribution in [2.24, 2.45) is 0 Å². The molecule has 1 aromatic carbocycles. The van der Waals surface area contributed by atoms with Crippen molar-refractivity contribution < 1.29 is 14.7 Å². The van der Waals surface area contributed by atoms with Crippen LogP contribution in [0.2, 0.25) is 0 Å². The largest absolute Gasteiger partial charge is 0.481 e. The first-order valence-electron chi connectivity index (χ1n) is 9.59. The molecule has 0 spiro atoms. The Morgan fingerprint density at radius 1 is 1.23 bits per heavy atom. The number of rotatable bonds is 6. The zero-order valence-electron chi connectivity index (χ0n) is 15.6. The van der Waals surface area contributed by atoms with E-state index in [1.807, 2.05) is 35.8 Å². The number of aryl methyl sites for hydroxylation is 2. The molecule has 0 bridgehead atoms. The molecule has 0 fully saturated rings. The summed E-state index contributed by atoms with van der Waals surface area (Å²) in [6.45, 7) is 4.78. The number of carbonyl (C=O) groups is 2. The molecule has 1 aliphatic rings. The molecule has 0 amide bonds. The number of unbranched alkanes of at least 4 members (excludes halogenated alkanes) is 1. The lowest BCUT2D eigenvalue weighted by atomic mass is 9.99. The predicted molar refractivity (Wildman–Crippen MR) is 102 cm³/mol. The first kappa shape index (κ1) is 18.4. The van der Waals surface area contributed by atoms with Crippen LogP contribution in [0.15, 0.2) is 30.3 Å². The first-order valence-corrected chi connectivity index (χ1v) is 9.59. The minimum Gasteiger partial charge on any atom is -0.481 e. The fraction of sp³-hybridized carbons (Fsp3) is 0.455. The summed E-state index contributed by atoms with van der Waals surface area (Å²) >= 11 is 0. The number of aromatic nitrogens is 1. The minimum absolute atomic E-state index is 0.00172. The number of aliphatic carboxylic acids is 1. The fourth-order valence-corrected chi connectivity index (χ4v) is 3.94. The summed E-state index contributed by atoms with van der Waals surface area (Å²) in [6.07, 6.45) is 5.62. The summed E-state index contributed by atoms with van der Waals surface area (Å²) in [5.74, 6) is -1.32. The molecule has 4 nitrogen and oxygen atoms in total. The third kappa shape index (κ3) is 3.59. The van der Waals surface area contributed by atoms with Gasteiger partial charge in [0.1, 0.15) is 0 Å². The van der Waals surface area contributed by atoms with E-state index in [4.69, 9.17) is 0 Å². The number of carboxylic acids is 1. The molecule has 1 unspecified atom stereocenters. The van der Waals surface area contributed by atoms with Crippen LogP contribution in [0.25, 0.3) is 0 Å². The Hall–Kier alpha value is -2.36. The number of nitrogens with zero attached hydrogens (tertiary/aromatic N) is 1. The van der Waals surface area contributed by atoms with Crippen molar-refractivity contribution in [2.75, 3.05) is 0 Å². The topological polar surface area (TPSA) is 59.3 Å². The van der Waals surface area contributed by atoms with E-state index >= 15 is 0 Å². The van der Waals surface area contributed by atoms with Gasteiger partial charge in [-0.3, -0.25) is 9.59 Å². The van der Waals surface area contributed by atoms with Gasteiger partial charge in [0.15, 0.2) is 0 Å². The Morgan fingerprint density at radius 2 is 2.04 bits per heavy atom. The second-order valence-corrected chi connectivity index (χ2v) is 7.27. The van der Waals surface area contributed by atoms with Crippen molar-refractivity contribution in [1.29, 1.82) is 0 Å². The van der Waals surface area contributed by atoms with Gasteiger partial charge in [0.25, 0.3) is 0 Å². The molecule has 1 aliphatic heterocycles. The monoisotopic (exact) mass is 353 g/mol. The van der Waals surface area contributed by atoms with E-state index in [2.05, 4.69) is 13.0 Å². The van der Waals surface area contributed by atoms with E-state index in [-0.39, 0.29) is 5.78 Å². The van der Waals surface area contributed by atoms with Crippen molar-refractivity contribution in [3.63, 3.8) is 0 Å². The van der Waals surface area contributed by atoms with E-state index < -0.39 is 11.9 Å². The molecule has 0 saturated carbocycles. The van der Waals surface area contributed by atoms with Crippen LogP contribution in [-0.4, -0.2) is 21.4 Å². The van der Waals surface area contributed by atoms with Crippen LogP contribution in [0.3, 0.4) is 0 Å². The van der Waals surface area contributed by atoms with Crippen LogP contribution in [0.1, 0.15) is 77.8 Å². The average Bonchev–Trinajstić information content (AvgIpc) is 2.81. The van der Waals surface area contributed by atoms with E-state index in [9.17, 15) is 14.7 Å². The van der Waals surface area contributed by atoms with E-state index in [1.165, 1.54) is 5.56 Å². The van der Waals surface area contributed by atoms with E-state index in [1.54, 1.807) is 0 Å². The maximum absolute atomic E-state index is 13.2. The number of carboxylic acid groups (broad SMARTS) is 1. The molecule has 138 valence electrons. The number of hydrogen-bond acceptors (Lipinski definition) is 2. The van der Waals surface area contributed by atoms with Crippen LogP contribution in [0.4, 0.5) is 0 Å². The molecule has 0 radical (unpaired) electrons. The van der Waals surface area contributed by atoms with Gasteiger partial charge in [0, 0.05) is 17.8 Å². The molecule has 0 saturated heterocycles. The van der Waals surface area contributed by atoms with E-state index in [0.717, 1.165) is 43.4 Å². The molecule has 1 N–H and O–H groups in total. The second kappa shape index (κ2) is 7.90. The lowest BCUT2D eigenvalue weighted by molar-refractivity contribution is -0.139. The summed E-state index contributed by atoms with van der Waals surface area (Å²) < 4.78 is 1.96. The highest BCUT2D eigenvalue weighted by Gasteiger charge is 2.30. The maximum Gasteiger partial charge on any atom is 0.312 e. The van der Waals surface area contributed by atoms with Crippen molar-refractivity contribution in [3.8, 4) is 0 Å². The van der Waals surface area contributed by atoms with Crippen LogP contribution in [0.5, 0.6) is 0 Å². The quantitative estimate of drug-likeness (QED) is 0.764. The third-order valence-electron chi connectivity index (χ3n) is 5.32. The summed E-state index contributed by atoms with van der Waals surface area (Å²) in [4.78, 5) is 24.9. The Balaban J connectivity index is 1.99. The number of ketones is 1. The highest BCUT2D eigenvalue weighted by Crippen LogP contribution is 2.32. The molecule has 0 aliphatic carbocycles. The Bertz CT molecular complexity index is 819. The Morgan fingerprint density at radius 3 is 2.77 bits per heavy atom. The molecular weight excluding hydrogens is 326 g/mol. The van der Waals surface area contributed by atoms with Gasteiger partial charge < -0.3 is 9.67 Å². The van der Waals surface area contributed by atoms with Crippen molar-refractivity contribution in [3.05, 3.63) is 58.4 Å². The molecule has 26 heavy (non-hydrogen) atoms. The summed E-state index contributed by atoms with van der Waals surface area (Å²) in [7, 11) is 0. The van der Waals surface area contributed by atoms with Gasteiger partial charge in [0.05, 0.1) is 11.6 Å². The SMILES string of the molecule is CCCCc1cccc(C(=O)c2c(C)cc3n2CCCCC3C(=O)O)c1. The van der Waals surface area contributed by atoms with Gasteiger partial charge in [-0.15, -0.1) is 0 Å². The maximum atomic E-state index is 13.2. The summed E-state index contributed by atoms with van der Waals surface area (Å²) in [5, 5.41) is 9.59. The minimum atomic E-state index is -0.800. The second-order valence-electron chi connectivity index (χ2n) is 7.27. The molecule has 1 atom stereocenters. The van der Waals surface area contributed by atoms with Crippen molar-refractivity contribution >= 4 is 11.8 Å². The van der Waals surface area contributed by atoms with Crippen LogP contribution in [-0.2, 0) is 17.8 Å². The van der Waals surface area contributed by atoms with Gasteiger partial charge in [-0.1, -0.05) is 38.0 Å². The van der Waals surface area contributed by atoms with Gasteiger partial charge in [-0.05, 0) is 55.9 Å². The van der Waals surface area contributed by atoms with E-state index in [0.29, 0.717) is 24.2 Å². The first-order chi connectivity index (χ1) is 12.5. The lowest BCUT2D eigenvalue weighted by Crippen LogP contribution is -2.17. The van der Waals surface area contributed by atoms with Gasteiger partial charge in [-0.25, -0.2) is 0 Å². The normalized spacial score (nSPS) is 16.8. The number of benzene rings is 1. The van der Waals surface area contributed by atoms with Crippen molar-refractivity contribution in [1.82, 2.24) is 4.57 Å². The molecule has 3 rings (SSSR count).